The summed E-state index contributed by atoms with van der Waals surface area (Å²) in [6.45, 7) is 3.19. The molecule has 1 rings (SSSR count). The molecule has 3 nitrogen and oxygen atoms in total. The minimum atomic E-state index is -0.466. The van der Waals surface area contributed by atoms with Crippen molar-refractivity contribution in [1.29, 1.82) is 0 Å². The van der Waals surface area contributed by atoms with E-state index < -0.39 is 6.04 Å². The smallest absolute Gasteiger partial charge is 0.220 e. The number of aliphatic hydroxyl groups is 1. The van der Waals surface area contributed by atoms with Crippen LogP contribution >= 0.6 is 0 Å². The molecule has 0 saturated heterocycles. The first-order chi connectivity index (χ1) is 7.58. The third kappa shape index (κ3) is 3.03. The molecule has 4 heteroatoms. The first kappa shape index (κ1) is 12.6. The summed E-state index contributed by atoms with van der Waals surface area (Å²) in [5, 5.41) is 11.8. The first-order valence-electron chi connectivity index (χ1n) is 5.24. The van der Waals surface area contributed by atoms with Crippen molar-refractivity contribution in [1.82, 2.24) is 5.32 Å². The maximum absolute atomic E-state index is 13.0. The van der Waals surface area contributed by atoms with Crippen LogP contribution in [0, 0.1) is 12.7 Å². The number of carbonyl (C=O) groups excluding carboxylic acids is 1. The van der Waals surface area contributed by atoms with Gasteiger partial charge in [0.2, 0.25) is 5.91 Å². The van der Waals surface area contributed by atoms with Crippen molar-refractivity contribution < 1.29 is 14.3 Å². The molecule has 0 saturated carbocycles. The minimum absolute atomic E-state index is 0.138. The predicted octanol–water partition coefficient (Wildman–Crippen LogP) is 1.69. The van der Waals surface area contributed by atoms with E-state index in [4.69, 9.17) is 0 Å². The zero-order valence-corrected chi connectivity index (χ0v) is 9.46. The van der Waals surface area contributed by atoms with Crippen molar-refractivity contribution in [3.8, 4) is 0 Å². The van der Waals surface area contributed by atoms with E-state index in [0.717, 1.165) is 0 Å². The molecule has 0 spiro atoms. The monoisotopic (exact) mass is 225 g/mol. The number of nitrogens with one attached hydrogen (secondary N) is 1. The van der Waals surface area contributed by atoms with Gasteiger partial charge in [-0.2, -0.15) is 0 Å². The molecule has 0 fully saturated rings. The Morgan fingerprint density at radius 3 is 2.75 bits per heavy atom. The van der Waals surface area contributed by atoms with Gasteiger partial charge in [-0.25, -0.2) is 4.39 Å². The first-order valence-corrected chi connectivity index (χ1v) is 5.24. The van der Waals surface area contributed by atoms with Crippen molar-refractivity contribution >= 4 is 5.91 Å². The molecule has 0 radical (unpaired) electrons. The van der Waals surface area contributed by atoms with Gasteiger partial charge in [0.25, 0.3) is 0 Å². The Bertz CT molecular complexity index is 379. The van der Waals surface area contributed by atoms with Crippen LogP contribution in [0.25, 0.3) is 0 Å². The van der Waals surface area contributed by atoms with Gasteiger partial charge in [0.1, 0.15) is 5.82 Å². The zero-order valence-electron chi connectivity index (χ0n) is 9.46. The molecule has 0 aromatic heterocycles. The third-order valence-electron chi connectivity index (χ3n) is 2.42. The minimum Gasteiger partial charge on any atom is -0.394 e. The molecule has 1 aromatic rings. The Morgan fingerprint density at radius 1 is 1.56 bits per heavy atom. The molecule has 0 aliphatic carbocycles. The van der Waals surface area contributed by atoms with Crippen LogP contribution in [0.15, 0.2) is 18.2 Å². The van der Waals surface area contributed by atoms with Crippen molar-refractivity contribution in [2.75, 3.05) is 6.61 Å². The summed E-state index contributed by atoms with van der Waals surface area (Å²) in [7, 11) is 0. The van der Waals surface area contributed by atoms with E-state index in [1.807, 2.05) is 0 Å². The van der Waals surface area contributed by atoms with E-state index in [1.54, 1.807) is 26.0 Å². The lowest BCUT2D eigenvalue weighted by atomic mass is 10.0. The quantitative estimate of drug-likeness (QED) is 0.819. The largest absolute Gasteiger partial charge is 0.394 e. The topological polar surface area (TPSA) is 49.3 Å². The summed E-state index contributed by atoms with van der Waals surface area (Å²) in [5.74, 6) is -0.428. The van der Waals surface area contributed by atoms with Crippen LogP contribution in [-0.2, 0) is 4.79 Å². The van der Waals surface area contributed by atoms with Gasteiger partial charge in [-0.05, 0) is 24.1 Å². The fourth-order valence-corrected chi connectivity index (χ4v) is 1.42. The Morgan fingerprint density at radius 2 is 2.25 bits per heavy atom. The van der Waals surface area contributed by atoms with E-state index in [-0.39, 0.29) is 18.3 Å². The summed E-state index contributed by atoms with van der Waals surface area (Å²) in [6, 6.07) is 4.07. The Labute approximate surface area is 94.3 Å². The molecule has 0 aliphatic heterocycles. The van der Waals surface area contributed by atoms with Gasteiger partial charge in [0.05, 0.1) is 12.6 Å². The molecule has 0 bridgehead atoms. The summed E-state index contributed by atoms with van der Waals surface area (Å²) >= 11 is 0. The number of aryl methyl sites for hydroxylation is 1. The maximum atomic E-state index is 13.0. The van der Waals surface area contributed by atoms with Crippen molar-refractivity contribution in [3.63, 3.8) is 0 Å². The molecule has 1 unspecified atom stereocenters. The van der Waals surface area contributed by atoms with E-state index >= 15 is 0 Å². The number of carbonyl (C=O) groups is 1. The highest BCUT2D eigenvalue weighted by Crippen LogP contribution is 2.16. The number of hydrogen-bond acceptors (Lipinski definition) is 2. The fraction of sp³-hybridized carbons (Fsp3) is 0.417. The lowest BCUT2D eigenvalue weighted by Crippen LogP contribution is -2.30. The fourth-order valence-electron chi connectivity index (χ4n) is 1.42. The number of halogens is 1. The number of rotatable bonds is 4. The van der Waals surface area contributed by atoms with Crippen LogP contribution in [0.4, 0.5) is 4.39 Å². The second-order valence-corrected chi connectivity index (χ2v) is 3.66. The van der Waals surface area contributed by atoms with Crippen LogP contribution in [0.2, 0.25) is 0 Å². The summed E-state index contributed by atoms with van der Waals surface area (Å²) in [5.41, 5.74) is 1.21. The summed E-state index contributed by atoms with van der Waals surface area (Å²) in [6.07, 6.45) is 0.358. The highest BCUT2D eigenvalue weighted by atomic mass is 19.1. The van der Waals surface area contributed by atoms with Crippen LogP contribution in [-0.4, -0.2) is 17.6 Å². The van der Waals surface area contributed by atoms with E-state index in [1.165, 1.54) is 6.07 Å². The lowest BCUT2D eigenvalue weighted by molar-refractivity contribution is -0.121. The predicted molar refractivity (Wildman–Crippen MR) is 59.4 cm³/mol. The SMILES string of the molecule is CCC(=O)NC(CO)c1ccc(F)c(C)c1. The van der Waals surface area contributed by atoms with Crippen molar-refractivity contribution in [2.45, 2.75) is 26.3 Å². The Kier molecular flexibility index (Phi) is 4.43. The van der Waals surface area contributed by atoms with Gasteiger partial charge in [-0.3, -0.25) is 4.79 Å². The molecule has 1 atom stereocenters. The average Bonchev–Trinajstić information content (AvgIpc) is 2.29. The standard InChI is InChI=1S/C12H16FNO2/c1-3-12(16)14-11(7-15)9-4-5-10(13)8(2)6-9/h4-6,11,15H,3,7H2,1-2H3,(H,14,16). The average molecular weight is 225 g/mol. The van der Waals surface area contributed by atoms with E-state index in [9.17, 15) is 14.3 Å². The second kappa shape index (κ2) is 5.61. The number of hydrogen-bond donors (Lipinski definition) is 2. The van der Waals surface area contributed by atoms with Gasteiger partial charge in [0, 0.05) is 6.42 Å². The Hall–Kier alpha value is -1.42. The molecule has 88 valence electrons. The molecular weight excluding hydrogens is 209 g/mol. The van der Waals surface area contributed by atoms with Gasteiger partial charge in [0.15, 0.2) is 0 Å². The van der Waals surface area contributed by atoms with Gasteiger partial charge in [-0.1, -0.05) is 19.1 Å². The summed E-state index contributed by atoms with van der Waals surface area (Å²) < 4.78 is 13.0. The highest BCUT2D eigenvalue weighted by Gasteiger charge is 2.13. The van der Waals surface area contributed by atoms with Crippen molar-refractivity contribution in [3.05, 3.63) is 35.1 Å². The summed E-state index contributed by atoms with van der Waals surface area (Å²) in [4.78, 5) is 11.2. The molecule has 0 aliphatic rings. The van der Waals surface area contributed by atoms with Crippen LogP contribution in [0.5, 0.6) is 0 Å². The molecule has 1 aromatic carbocycles. The van der Waals surface area contributed by atoms with E-state index in [2.05, 4.69) is 5.32 Å². The molecule has 1 amide bonds. The molecular formula is C12H16FNO2. The number of benzene rings is 1. The van der Waals surface area contributed by atoms with Gasteiger partial charge >= 0.3 is 0 Å². The van der Waals surface area contributed by atoms with Crippen LogP contribution in [0.3, 0.4) is 0 Å². The van der Waals surface area contributed by atoms with E-state index in [0.29, 0.717) is 17.5 Å². The second-order valence-electron chi connectivity index (χ2n) is 3.66. The zero-order chi connectivity index (χ0) is 12.1. The Balaban J connectivity index is 2.86. The number of aliphatic hydroxyl groups excluding tert-OH is 1. The molecule has 2 N–H and O–H groups in total. The molecule has 0 heterocycles. The van der Waals surface area contributed by atoms with Crippen LogP contribution in [0.1, 0.15) is 30.5 Å². The van der Waals surface area contributed by atoms with Gasteiger partial charge < -0.3 is 10.4 Å². The van der Waals surface area contributed by atoms with Gasteiger partial charge in [-0.15, -0.1) is 0 Å². The maximum Gasteiger partial charge on any atom is 0.220 e. The highest BCUT2D eigenvalue weighted by molar-refractivity contribution is 5.76. The third-order valence-corrected chi connectivity index (χ3v) is 2.42. The lowest BCUT2D eigenvalue weighted by Gasteiger charge is -2.16. The number of amides is 1. The van der Waals surface area contributed by atoms with Crippen molar-refractivity contribution in [2.24, 2.45) is 0 Å². The van der Waals surface area contributed by atoms with Crippen LogP contribution < -0.4 is 5.32 Å². The molecule has 16 heavy (non-hydrogen) atoms. The normalized spacial score (nSPS) is 12.2.